The second-order valence-electron chi connectivity index (χ2n) is 7.21. The standard InChI is InChI=1S/C21H18N2O5S3/c1-13-7-8-16-15(11-13)17(19(24)23(16)12-14-5-3-2-4-6-14)18-20(25)22(21(29)30-18)9-10-31(26,27)28/h2-8,11H,9-10,12H2,1H3,(H,26,27,28)/b18-17-. The maximum absolute atomic E-state index is 13.4. The van der Waals surface area contributed by atoms with E-state index in [9.17, 15) is 18.0 Å². The van der Waals surface area contributed by atoms with Gasteiger partial charge in [-0.2, -0.15) is 8.42 Å². The first-order valence-electron chi connectivity index (χ1n) is 9.35. The van der Waals surface area contributed by atoms with Gasteiger partial charge in [-0.25, -0.2) is 0 Å². The lowest BCUT2D eigenvalue weighted by Gasteiger charge is -2.17. The van der Waals surface area contributed by atoms with Gasteiger partial charge in [-0.3, -0.25) is 19.0 Å². The minimum atomic E-state index is -4.26. The average molecular weight is 475 g/mol. The number of rotatable bonds is 5. The monoisotopic (exact) mass is 474 g/mol. The number of carbonyl (C=O) groups excluding carboxylic acids is 2. The highest BCUT2D eigenvalue weighted by Gasteiger charge is 2.42. The van der Waals surface area contributed by atoms with Crippen LogP contribution < -0.4 is 4.90 Å². The summed E-state index contributed by atoms with van der Waals surface area (Å²) in [6.07, 6.45) is 0. The molecule has 2 aromatic rings. The molecule has 31 heavy (non-hydrogen) atoms. The molecule has 10 heteroatoms. The Morgan fingerprint density at radius 1 is 1.03 bits per heavy atom. The van der Waals surface area contributed by atoms with E-state index in [-0.39, 0.29) is 27.3 Å². The van der Waals surface area contributed by atoms with Crippen molar-refractivity contribution in [2.24, 2.45) is 0 Å². The van der Waals surface area contributed by atoms with Gasteiger partial charge >= 0.3 is 0 Å². The summed E-state index contributed by atoms with van der Waals surface area (Å²) in [5.41, 5.74) is 3.51. The second kappa shape index (κ2) is 8.19. The topological polar surface area (TPSA) is 95.0 Å². The van der Waals surface area contributed by atoms with E-state index in [1.807, 2.05) is 55.5 Å². The average Bonchev–Trinajstić information content (AvgIpc) is 3.13. The van der Waals surface area contributed by atoms with E-state index < -0.39 is 21.8 Å². The number of anilines is 1. The zero-order valence-corrected chi connectivity index (χ0v) is 18.9. The Balaban J connectivity index is 1.75. The summed E-state index contributed by atoms with van der Waals surface area (Å²) in [7, 11) is -4.26. The van der Waals surface area contributed by atoms with Gasteiger partial charge in [0.25, 0.3) is 21.9 Å². The van der Waals surface area contributed by atoms with Gasteiger partial charge in [0.05, 0.1) is 28.5 Å². The number of amides is 2. The lowest BCUT2D eigenvalue weighted by molar-refractivity contribution is -0.122. The summed E-state index contributed by atoms with van der Waals surface area (Å²) in [4.78, 5) is 29.4. The lowest BCUT2D eigenvalue weighted by atomic mass is 10.0. The number of carbonyl (C=O) groups is 2. The summed E-state index contributed by atoms with van der Waals surface area (Å²) >= 11 is 6.22. The molecule has 1 fully saturated rings. The van der Waals surface area contributed by atoms with Gasteiger partial charge in [0.2, 0.25) is 0 Å². The molecule has 1 saturated heterocycles. The third-order valence-corrected chi connectivity index (χ3v) is 7.15. The van der Waals surface area contributed by atoms with Crippen LogP contribution in [-0.2, 0) is 26.3 Å². The van der Waals surface area contributed by atoms with Gasteiger partial charge in [-0.1, -0.05) is 65.9 Å². The van der Waals surface area contributed by atoms with Crippen LogP contribution in [0.15, 0.2) is 53.4 Å². The largest absolute Gasteiger partial charge is 0.303 e. The molecule has 2 heterocycles. The van der Waals surface area contributed by atoms with E-state index in [1.54, 1.807) is 4.90 Å². The number of aryl methyl sites for hydroxylation is 1. The highest BCUT2D eigenvalue weighted by Crippen LogP contribution is 2.45. The van der Waals surface area contributed by atoms with Crippen LogP contribution >= 0.6 is 24.0 Å². The van der Waals surface area contributed by atoms with E-state index >= 15 is 0 Å². The number of fused-ring (bicyclic) bond motifs is 1. The smallest absolute Gasteiger partial charge is 0.267 e. The van der Waals surface area contributed by atoms with Crippen LogP contribution in [0.4, 0.5) is 5.69 Å². The van der Waals surface area contributed by atoms with Crippen LogP contribution in [0.1, 0.15) is 16.7 Å². The minimum Gasteiger partial charge on any atom is -0.303 e. The third-order valence-electron chi connectivity index (χ3n) is 5.00. The molecule has 0 bridgehead atoms. The molecule has 2 aliphatic heterocycles. The number of thiocarbonyl (C=S) groups is 1. The highest BCUT2D eigenvalue weighted by atomic mass is 32.2. The van der Waals surface area contributed by atoms with Crippen molar-refractivity contribution in [3.63, 3.8) is 0 Å². The molecule has 1 N–H and O–H groups in total. The highest BCUT2D eigenvalue weighted by molar-refractivity contribution is 8.26. The van der Waals surface area contributed by atoms with Crippen molar-refractivity contribution < 1.29 is 22.6 Å². The zero-order valence-electron chi connectivity index (χ0n) is 16.4. The van der Waals surface area contributed by atoms with Crippen molar-refractivity contribution in [1.82, 2.24) is 4.90 Å². The predicted octanol–water partition coefficient (Wildman–Crippen LogP) is 3.00. The normalized spacial score (nSPS) is 18.8. The molecule has 2 amide bonds. The zero-order chi connectivity index (χ0) is 22.3. The SMILES string of the molecule is Cc1ccc2c(c1)/C(=C1/SC(=S)N(CCS(=O)(=O)O)C1=O)C(=O)N2Cc1ccccc1. The van der Waals surface area contributed by atoms with Gasteiger partial charge in [0, 0.05) is 12.1 Å². The van der Waals surface area contributed by atoms with Crippen LogP contribution in [0.25, 0.3) is 5.57 Å². The van der Waals surface area contributed by atoms with Crippen LogP contribution in [0.5, 0.6) is 0 Å². The minimum absolute atomic E-state index is 0.152. The Morgan fingerprint density at radius 2 is 1.74 bits per heavy atom. The molecule has 0 aliphatic carbocycles. The van der Waals surface area contributed by atoms with Gasteiger partial charge in [-0.05, 0) is 24.6 Å². The van der Waals surface area contributed by atoms with E-state index in [0.29, 0.717) is 17.8 Å². The second-order valence-corrected chi connectivity index (χ2v) is 10.4. The quantitative estimate of drug-likeness (QED) is 0.404. The van der Waals surface area contributed by atoms with Crippen molar-refractivity contribution in [3.05, 3.63) is 70.1 Å². The molecule has 160 valence electrons. The molecule has 0 radical (unpaired) electrons. The summed E-state index contributed by atoms with van der Waals surface area (Å²) in [5, 5.41) is 0. The maximum atomic E-state index is 13.4. The summed E-state index contributed by atoms with van der Waals surface area (Å²) in [6.45, 7) is 1.98. The Hall–Kier alpha value is -2.53. The number of hydrogen-bond donors (Lipinski definition) is 1. The van der Waals surface area contributed by atoms with Crippen LogP contribution in [0.2, 0.25) is 0 Å². The summed E-state index contributed by atoms with van der Waals surface area (Å²) in [6, 6.07) is 15.2. The summed E-state index contributed by atoms with van der Waals surface area (Å²) < 4.78 is 31.4. The molecule has 7 nitrogen and oxygen atoms in total. The fourth-order valence-corrected chi connectivity index (χ4v) is 5.33. The fourth-order valence-electron chi connectivity index (χ4n) is 3.54. The van der Waals surface area contributed by atoms with Crippen molar-refractivity contribution in [2.45, 2.75) is 13.5 Å². The Kier molecular flexibility index (Phi) is 5.73. The van der Waals surface area contributed by atoms with Crippen LogP contribution in [0.3, 0.4) is 0 Å². The number of thioether (sulfide) groups is 1. The molecule has 4 rings (SSSR count). The first kappa shape index (κ1) is 21.7. The van der Waals surface area contributed by atoms with Gasteiger partial charge in [0.1, 0.15) is 4.32 Å². The van der Waals surface area contributed by atoms with E-state index in [2.05, 4.69) is 0 Å². The number of benzene rings is 2. The number of nitrogens with zero attached hydrogens (tertiary/aromatic N) is 2. The predicted molar refractivity (Wildman–Crippen MR) is 124 cm³/mol. The van der Waals surface area contributed by atoms with Crippen molar-refractivity contribution in [3.8, 4) is 0 Å². The first-order valence-corrected chi connectivity index (χ1v) is 12.2. The summed E-state index contributed by atoms with van der Waals surface area (Å²) in [5.74, 6) is -1.47. The Morgan fingerprint density at radius 3 is 2.42 bits per heavy atom. The van der Waals surface area contributed by atoms with Gasteiger partial charge in [-0.15, -0.1) is 0 Å². The van der Waals surface area contributed by atoms with E-state index in [4.69, 9.17) is 16.8 Å². The molecular weight excluding hydrogens is 456 g/mol. The van der Waals surface area contributed by atoms with Crippen molar-refractivity contribution in [1.29, 1.82) is 0 Å². The van der Waals surface area contributed by atoms with Crippen molar-refractivity contribution in [2.75, 3.05) is 17.2 Å². The molecule has 0 spiro atoms. The fraction of sp³-hybridized carbons (Fsp3) is 0.190. The van der Waals surface area contributed by atoms with Crippen LogP contribution in [0, 0.1) is 6.92 Å². The molecular formula is C21H18N2O5S3. The molecule has 2 aliphatic rings. The van der Waals surface area contributed by atoms with E-state index in [0.717, 1.165) is 27.8 Å². The maximum Gasteiger partial charge on any atom is 0.267 e. The van der Waals surface area contributed by atoms with E-state index in [1.165, 1.54) is 0 Å². The molecule has 0 unspecified atom stereocenters. The van der Waals surface area contributed by atoms with Crippen molar-refractivity contribution >= 4 is 61.5 Å². The lowest BCUT2D eigenvalue weighted by Crippen LogP contribution is -2.33. The molecule has 0 aromatic heterocycles. The van der Waals surface area contributed by atoms with Gasteiger partial charge in [0.15, 0.2) is 0 Å². The third kappa shape index (κ3) is 4.29. The molecule has 2 aromatic carbocycles. The molecule has 0 saturated carbocycles. The van der Waals surface area contributed by atoms with Crippen LogP contribution in [-0.4, -0.2) is 46.3 Å². The Bertz CT molecular complexity index is 1240. The van der Waals surface area contributed by atoms with Gasteiger partial charge < -0.3 is 4.90 Å². The number of hydrogen-bond acceptors (Lipinski definition) is 6. The first-order chi connectivity index (χ1) is 14.7. The molecule has 0 atom stereocenters. The Labute approximate surface area is 189 Å².